The molecule has 1 heterocycles. The fourth-order valence-corrected chi connectivity index (χ4v) is 1.70. The average molecular weight is 313 g/mol. The number of carbonyl (C=O) groups is 1. The standard InChI is InChI=1S/C12H12F5NO3/c1-3-21-8(19)4-7-9(12(15,16)17)10(20-2)6(5-18-7)11(13)14/h5,11H,3-4H2,1-2H3. The molecule has 0 spiro atoms. The number of rotatable bonds is 5. The van der Waals surface area contributed by atoms with E-state index in [0.717, 1.165) is 7.11 Å². The van der Waals surface area contributed by atoms with Crippen LogP contribution in [0.4, 0.5) is 22.0 Å². The molecule has 0 N–H and O–H groups in total. The van der Waals surface area contributed by atoms with Gasteiger partial charge in [-0.15, -0.1) is 0 Å². The Hall–Kier alpha value is -1.93. The first kappa shape index (κ1) is 17.1. The molecule has 1 aromatic rings. The minimum atomic E-state index is -4.99. The predicted octanol–water partition coefficient (Wildman–Crippen LogP) is 3.15. The van der Waals surface area contributed by atoms with E-state index in [1.807, 2.05) is 0 Å². The van der Waals surface area contributed by atoms with Crippen molar-refractivity contribution < 1.29 is 36.2 Å². The molecule has 118 valence electrons. The van der Waals surface area contributed by atoms with Crippen molar-refractivity contribution in [3.05, 3.63) is 23.0 Å². The van der Waals surface area contributed by atoms with Crippen molar-refractivity contribution in [1.82, 2.24) is 4.98 Å². The molecule has 4 nitrogen and oxygen atoms in total. The number of nitrogens with zero attached hydrogens (tertiary/aromatic N) is 1. The minimum Gasteiger partial charge on any atom is -0.495 e. The number of hydrogen-bond donors (Lipinski definition) is 0. The number of alkyl halides is 5. The van der Waals surface area contributed by atoms with Gasteiger partial charge in [0.05, 0.1) is 31.4 Å². The van der Waals surface area contributed by atoms with Crippen molar-refractivity contribution in [3.8, 4) is 5.75 Å². The molecule has 0 fully saturated rings. The Balaban J connectivity index is 3.41. The van der Waals surface area contributed by atoms with Crippen LogP contribution < -0.4 is 4.74 Å². The fraction of sp³-hybridized carbons (Fsp3) is 0.500. The van der Waals surface area contributed by atoms with Crippen molar-refractivity contribution in [2.75, 3.05) is 13.7 Å². The summed E-state index contributed by atoms with van der Waals surface area (Å²) in [6, 6.07) is 0. The molecule has 1 rings (SSSR count). The molecule has 1 aromatic heterocycles. The van der Waals surface area contributed by atoms with Crippen molar-refractivity contribution in [2.24, 2.45) is 0 Å². The summed E-state index contributed by atoms with van der Waals surface area (Å²) >= 11 is 0. The molecule has 0 aromatic carbocycles. The van der Waals surface area contributed by atoms with E-state index >= 15 is 0 Å². The van der Waals surface area contributed by atoms with Gasteiger partial charge in [-0.2, -0.15) is 13.2 Å². The van der Waals surface area contributed by atoms with Crippen molar-refractivity contribution >= 4 is 5.97 Å². The van der Waals surface area contributed by atoms with Gasteiger partial charge in [-0.05, 0) is 6.92 Å². The molecule has 0 saturated carbocycles. The molecule has 21 heavy (non-hydrogen) atoms. The van der Waals surface area contributed by atoms with E-state index in [-0.39, 0.29) is 6.61 Å². The third-order valence-electron chi connectivity index (χ3n) is 2.48. The summed E-state index contributed by atoms with van der Waals surface area (Å²) in [5, 5.41) is 0. The summed E-state index contributed by atoms with van der Waals surface area (Å²) in [7, 11) is 0.838. The van der Waals surface area contributed by atoms with E-state index in [1.165, 1.54) is 6.92 Å². The molecule has 0 radical (unpaired) electrons. The van der Waals surface area contributed by atoms with Crippen LogP contribution in [0.25, 0.3) is 0 Å². The van der Waals surface area contributed by atoms with Crippen molar-refractivity contribution in [1.29, 1.82) is 0 Å². The van der Waals surface area contributed by atoms with Crippen LogP contribution in [0.15, 0.2) is 6.20 Å². The molecule has 0 unspecified atom stereocenters. The Kier molecular flexibility index (Phi) is 5.45. The Bertz CT molecular complexity index is 516. The number of halogens is 5. The normalized spacial score (nSPS) is 11.6. The van der Waals surface area contributed by atoms with Crippen LogP contribution in [-0.2, 0) is 22.1 Å². The second-order valence-corrected chi connectivity index (χ2v) is 3.85. The molecule has 0 atom stereocenters. The van der Waals surface area contributed by atoms with E-state index in [1.54, 1.807) is 0 Å². The molecule has 0 aliphatic heterocycles. The highest BCUT2D eigenvalue weighted by atomic mass is 19.4. The van der Waals surface area contributed by atoms with Crippen LogP contribution in [0.1, 0.15) is 30.2 Å². The highest BCUT2D eigenvalue weighted by Crippen LogP contribution is 2.42. The van der Waals surface area contributed by atoms with E-state index in [4.69, 9.17) is 0 Å². The number of carbonyl (C=O) groups excluding carboxylic acids is 1. The third-order valence-corrected chi connectivity index (χ3v) is 2.48. The minimum absolute atomic E-state index is 0.0214. The fourth-order valence-electron chi connectivity index (χ4n) is 1.70. The maximum Gasteiger partial charge on any atom is 0.421 e. The maximum atomic E-state index is 13.1. The Morgan fingerprint density at radius 2 is 2.00 bits per heavy atom. The Labute approximate surface area is 116 Å². The maximum absolute atomic E-state index is 13.1. The summed E-state index contributed by atoms with van der Waals surface area (Å²) in [5.41, 5.74) is -3.20. The summed E-state index contributed by atoms with van der Waals surface area (Å²) in [6.45, 7) is 1.46. The number of ether oxygens (including phenoxy) is 2. The molecular weight excluding hydrogens is 301 g/mol. The molecule has 0 saturated heterocycles. The van der Waals surface area contributed by atoms with Crippen molar-refractivity contribution in [2.45, 2.75) is 25.9 Å². The van der Waals surface area contributed by atoms with E-state index < -0.39 is 47.6 Å². The lowest BCUT2D eigenvalue weighted by Crippen LogP contribution is -2.18. The van der Waals surface area contributed by atoms with Crippen LogP contribution in [0, 0.1) is 0 Å². The monoisotopic (exact) mass is 313 g/mol. The largest absolute Gasteiger partial charge is 0.495 e. The van der Waals surface area contributed by atoms with Crippen LogP contribution in [0.3, 0.4) is 0 Å². The van der Waals surface area contributed by atoms with Gasteiger partial charge in [-0.1, -0.05) is 0 Å². The molecule has 9 heteroatoms. The third kappa shape index (κ3) is 4.02. The Morgan fingerprint density at radius 3 is 2.43 bits per heavy atom. The molecular formula is C12H12F5NO3. The topological polar surface area (TPSA) is 48.4 Å². The number of pyridine rings is 1. The number of methoxy groups -OCH3 is 1. The van der Waals surface area contributed by atoms with Gasteiger partial charge in [0, 0.05) is 6.20 Å². The SMILES string of the molecule is CCOC(=O)Cc1ncc(C(F)F)c(OC)c1C(F)(F)F. The lowest BCUT2D eigenvalue weighted by molar-refractivity contribution is -0.143. The summed E-state index contributed by atoms with van der Waals surface area (Å²) in [5.74, 6) is -1.98. The highest BCUT2D eigenvalue weighted by molar-refractivity contribution is 5.73. The summed E-state index contributed by atoms with van der Waals surface area (Å²) in [6.07, 6.45) is -8.41. The first-order valence-corrected chi connectivity index (χ1v) is 5.79. The van der Waals surface area contributed by atoms with Gasteiger partial charge in [0.2, 0.25) is 0 Å². The van der Waals surface area contributed by atoms with Crippen LogP contribution in [0.5, 0.6) is 5.75 Å². The lowest BCUT2D eigenvalue weighted by Gasteiger charge is -2.18. The molecule has 0 amide bonds. The van der Waals surface area contributed by atoms with Gasteiger partial charge in [0.25, 0.3) is 6.43 Å². The quantitative estimate of drug-likeness (QED) is 0.619. The van der Waals surface area contributed by atoms with E-state index in [0.29, 0.717) is 6.20 Å². The number of esters is 1. The summed E-state index contributed by atoms with van der Waals surface area (Å²) in [4.78, 5) is 14.6. The second kappa shape index (κ2) is 6.68. The smallest absolute Gasteiger partial charge is 0.421 e. The summed E-state index contributed by atoms with van der Waals surface area (Å²) < 4.78 is 73.6. The second-order valence-electron chi connectivity index (χ2n) is 3.85. The molecule has 0 aliphatic carbocycles. The molecule has 0 aliphatic rings. The van der Waals surface area contributed by atoms with Gasteiger partial charge in [0.15, 0.2) is 0 Å². The van der Waals surface area contributed by atoms with E-state index in [9.17, 15) is 26.7 Å². The van der Waals surface area contributed by atoms with Crippen LogP contribution in [0.2, 0.25) is 0 Å². The number of hydrogen-bond acceptors (Lipinski definition) is 4. The number of aromatic nitrogens is 1. The van der Waals surface area contributed by atoms with Gasteiger partial charge >= 0.3 is 12.1 Å². The first-order valence-electron chi connectivity index (χ1n) is 5.79. The zero-order valence-electron chi connectivity index (χ0n) is 11.1. The van der Waals surface area contributed by atoms with Gasteiger partial charge in [0.1, 0.15) is 11.3 Å². The van der Waals surface area contributed by atoms with Gasteiger partial charge in [-0.25, -0.2) is 8.78 Å². The Morgan fingerprint density at radius 1 is 1.38 bits per heavy atom. The van der Waals surface area contributed by atoms with Crippen molar-refractivity contribution in [3.63, 3.8) is 0 Å². The average Bonchev–Trinajstić information content (AvgIpc) is 2.36. The molecule has 0 bridgehead atoms. The van der Waals surface area contributed by atoms with E-state index in [2.05, 4.69) is 14.5 Å². The zero-order chi connectivity index (χ0) is 16.2. The van der Waals surface area contributed by atoms with Gasteiger partial charge < -0.3 is 9.47 Å². The van der Waals surface area contributed by atoms with Gasteiger partial charge in [-0.3, -0.25) is 9.78 Å². The highest BCUT2D eigenvalue weighted by Gasteiger charge is 2.40. The predicted molar refractivity (Wildman–Crippen MR) is 61.1 cm³/mol. The van der Waals surface area contributed by atoms with Crippen LogP contribution >= 0.6 is 0 Å². The zero-order valence-corrected chi connectivity index (χ0v) is 11.1. The lowest BCUT2D eigenvalue weighted by atomic mass is 10.1. The first-order chi connectivity index (χ1) is 9.72. The van der Waals surface area contributed by atoms with Crippen LogP contribution in [-0.4, -0.2) is 24.7 Å².